The number of carbonyl (C=O) groups is 2. The van der Waals surface area contributed by atoms with Gasteiger partial charge in [-0.15, -0.1) is 0 Å². The summed E-state index contributed by atoms with van der Waals surface area (Å²) in [7, 11) is 1.63. The normalized spacial score (nSPS) is 10.9. The number of benzene rings is 2. The van der Waals surface area contributed by atoms with E-state index in [9.17, 15) is 19.5 Å². The molecular weight excluding hydrogens is 476 g/mol. The summed E-state index contributed by atoms with van der Waals surface area (Å²) in [6.45, 7) is 1.61. The van der Waals surface area contributed by atoms with Gasteiger partial charge in [0.15, 0.2) is 0 Å². The summed E-state index contributed by atoms with van der Waals surface area (Å²) in [5.74, 6) is -2.79. The summed E-state index contributed by atoms with van der Waals surface area (Å²) in [5.41, 5.74) is -0.926. The number of nitrogens with one attached hydrogen (secondary N) is 1. The van der Waals surface area contributed by atoms with E-state index in [1.807, 2.05) is 0 Å². The minimum Gasteiger partial charge on any atom is -0.545 e. The molecule has 3 rings (SSSR count). The van der Waals surface area contributed by atoms with Crippen LogP contribution in [0.2, 0.25) is 20.1 Å². The Bertz CT molecular complexity index is 1250. The number of para-hydroxylation sites is 1. The van der Waals surface area contributed by atoms with Crippen LogP contribution in [0.3, 0.4) is 0 Å². The fraction of sp³-hybridized carbons (Fsp3) is 0.105. The number of halogens is 4. The van der Waals surface area contributed by atoms with Gasteiger partial charge in [0.25, 0.3) is 11.5 Å². The lowest BCUT2D eigenvalue weighted by atomic mass is 10.1. The fourth-order valence-electron chi connectivity index (χ4n) is 2.92. The van der Waals surface area contributed by atoms with Crippen molar-refractivity contribution in [3.63, 3.8) is 0 Å². The zero-order valence-electron chi connectivity index (χ0n) is 15.4. The van der Waals surface area contributed by atoms with Crippen LogP contribution < -0.4 is 16.0 Å². The number of hydrogen-bond donors (Lipinski definition) is 1. The highest BCUT2D eigenvalue weighted by molar-refractivity contribution is 6.54. The maximum absolute atomic E-state index is 13.0. The number of anilines is 1. The lowest BCUT2D eigenvalue weighted by molar-refractivity contribution is -0.255. The van der Waals surface area contributed by atoms with Crippen molar-refractivity contribution in [1.29, 1.82) is 0 Å². The molecule has 11 heteroatoms. The van der Waals surface area contributed by atoms with Crippen LogP contribution in [-0.2, 0) is 7.05 Å². The summed E-state index contributed by atoms with van der Waals surface area (Å²) >= 11 is 23.9. The highest BCUT2D eigenvalue weighted by Crippen LogP contribution is 2.41. The molecule has 1 amide bonds. The molecule has 1 heterocycles. The van der Waals surface area contributed by atoms with Gasteiger partial charge in [-0.05, 0) is 19.1 Å². The maximum Gasteiger partial charge on any atom is 0.295 e. The summed E-state index contributed by atoms with van der Waals surface area (Å²) in [6, 6.07) is 8.75. The number of carboxylic acids is 1. The molecule has 0 spiro atoms. The van der Waals surface area contributed by atoms with Gasteiger partial charge in [0.1, 0.15) is 5.69 Å². The first-order valence-corrected chi connectivity index (χ1v) is 9.81. The summed E-state index contributed by atoms with van der Waals surface area (Å²) in [5, 5.41) is 12.4. The van der Waals surface area contributed by atoms with Crippen LogP contribution in [-0.4, -0.2) is 21.2 Å². The van der Waals surface area contributed by atoms with Gasteiger partial charge in [-0.3, -0.25) is 14.3 Å². The van der Waals surface area contributed by atoms with Crippen LogP contribution >= 0.6 is 46.4 Å². The average Bonchev–Trinajstić information content (AvgIpc) is 2.92. The molecule has 0 fully saturated rings. The SMILES string of the molecule is Cc1c(NC(=O)c2c(Cl)c(Cl)c(Cl)c(Cl)c2C(=O)[O-])c(=O)n(-c2ccccc2)n1C. The zero-order valence-corrected chi connectivity index (χ0v) is 18.4. The number of carbonyl (C=O) groups excluding carboxylic acids is 2. The van der Waals surface area contributed by atoms with Crippen molar-refractivity contribution in [2.75, 3.05) is 5.32 Å². The highest BCUT2D eigenvalue weighted by Gasteiger charge is 2.27. The Morgan fingerprint density at radius 1 is 0.933 bits per heavy atom. The highest BCUT2D eigenvalue weighted by atomic mass is 35.5. The average molecular weight is 488 g/mol. The predicted octanol–water partition coefficient (Wildman–Crippen LogP) is 3.71. The Morgan fingerprint density at radius 2 is 1.47 bits per heavy atom. The van der Waals surface area contributed by atoms with E-state index in [-0.39, 0.29) is 15.7 Å². The molecule has 0 saturated carbocycles. The monoisotopic (exact) mass is 486 g/mol. The van der Waals surface area contributed by atoms with Crippen molar-refractivity contribution in [2.24, 2.45) is 7.05 Å². The van der Waals surface area contributed by atoms with Gasteiger partial charge in [0, 0.05) is 12.6 Å². The molecule has 0 unspecified atom stereocenters. The van der Waals surface area contributed by atoms with Crippen molar-refractivity contribution >= 4 is 64.0 Å². The van der Waals surface area contributed by atoms with E-state index in [1.165, 1.54) is 9.36 Å². The third-order valence-corrected chi connectivity index (χ3v) is 6.29. The topological polar surface area (TPSA) is 96.2 Å². The van der Waals surface area contributed by atoms with Crippen LogP contribution in [0.1, 0.15) is 26.4 Å². The van der Waals surface area contributed by atoms with E-state index in [2.05, 4.69) is 5.32 Å². The molecule has 0 saturated heterocycles. The quantitative estimate of drug-likeness (QED) is 0.448. The standard InChI is InChI=1S/C19H13Cl4N3O4/c1-8-16(18(28)26(25(8)2)9-6-4-3-5-7-9)24-17(27)10-11(19(29)30)13(21)15(23)14(22)12(10)20/h3-7H,1-2H3,(H,24,27)(H,29,30)/p-1. The van der Waals surface area contributed by atoms with Crippen LogP contribution in [0.25, 0.3) is 5.69 Å². The van der Waals surface area contributed by atoms with Crippen molar-refractivity contribution in [3.05, 3.63) is 77.6 Å². The van der Waals surface area contributed by atoms with E-state index in [0.717, 1.165) is 0 Å². The van der Waals surface area contributed by atoms with E-state index >= 15 is 0 Å². The summed E-state index contributed by atoms with van der Waals surface area (Å²) in [6.07, 6.45) is 0. The second-order valence-corrected chi connectivity index (χ2v) is 7.70. The largest absolute Gasteiger partial charge is 0.545 e. The van der Waals surface area contributed by atoms with Gasteiger partial charge < -0.3 is 15.2 Å². The second kappa shape index (κ2) is 8.35. The van der Waals surface area contributed by atoms with E-state index in [4.69, 9.17) is 46.4 Å². The molecular formula is C19H12Cl4N3O4-. The fourth-order valence-corrected chi connectivity index (χ4v) is 3.94. The molecule has 0 bridgehead atoms. The predicted molar refractivity (Wildman–Crippen MR) is 115 cm³/mol. The molecule has 0 aliphatic carbocycles. The third kappa shape index (κ3) is 3.58. The minimum absolute atomic E-state index is 0.0751. The third-order valence-electron chi connectivity index (χ3n) is 4.49. The number of carboxylic acid groups (broad SMARTS) is 1. The van der Waals surface area contributed by atoms with E-state index < -0.39 is 38.6 Å². The van der Waals surface area contributed by atoms with Gasteiger partial charge in [-0.25, -0.2) is 4.68 Å². The first-order chi connectivity index (χ1) is 14.1. The summed E-state index contributed by atoms with van der Waals surface area (Å²) in [4.78, 5) is 37.5. The first kappa shape index (κ1) is 22.2. The van der Waals surface area contributed by atoms with Gasteiger partial charge in [0.05, 0.1) is 43.0 Å². The number of nitrogens with zero attached hydrogens (tertiary/aromatic N) is 2. The Morgan fingerprint density at radius 3 is 2.00 bits per heavy atom. The molecule has 7 nitrogen and oxygen atoms in total. The van der Waals surface area contributed by atoms with Gasteiger partial charge in [0.2, 0.25) is 0 Å². The summed E-state index contributed by atoms with van der Waals surface area (Å²) < 4.78 is 2.88. The smallest absolute Gasteiger partial charge is 0.295 e. The van der Waals surface area contributed by atoms with Gasteiger partial charge in [-0.1, -0.05) is 64.6 Å². The molecule has 30 heavy (non-hydrogen) atoms. The zero-order chi connectivity index (χ0) is 22.3. The number of amides is 1. The Balaban J connectivity index is 2.16. The minimum atomic E-state index is -1.78. The van der Waals surface area contributed by atoms with E-state index in [1.54, 1.807) is 44.3 Å². The lowest BCUT2D eigenvalue weighted by Crippen LogP contribution is -2.29. The number of aromatic carboxylic acids is 1. The Labute approximate surface area is 190 Å². The molecule has 0 atom stereocenters. The van der Waals surface area contributed by atoms with Crippen LogP contribution in [0.15, 0.2) is 35.1 Å². The second-order valence-electron chi connectivity index (χ2n) is 6.18. The van der Waals surface area contributed by atoms with Gasteiger partial charge >= 0.3 is 0 Å². The maximum atomic E-state index is 13.0. The first-order valence-electron chi connectivity index (χ1n) is 8.30. The van der Waals surface area contributed by atoms with Crippen molar-refractivity contribution < 1.29 is 14.7 Å². The van der Waals surface area contributed by atoms with Crippen LogP contribution in [0.5, 0.6) is 0 Å². The van der Waals surface area contributed by atoms with Crippen molar-refractivity contribution in [3.8, 4) is 5.69 Å². The molecule has 1 N–H and O–H groups in total. The number of rotatable bonds is 4. The Hall–Kier alpha value is -2.45. The lowest BCUT2D eigenvalue weighted by Gasteiger charge is -2.16. The molecule has 3 aromatic rings. The van der Waals surface area contributed by atoms with Crippen LogP contribution in [0.4, 0.5) is 5.69 Å². The number of aromatic nitrogens is 2. The molecule has 0 aliphatic heterocycles. The molecule has 1 aromatic heterocycles. The molecule has 156 valence electrons. The number of hydrogen-bond acceptors (Lipinski definition) is 4. The van der Waals surface area contributed by atoms with E-state index in [0.29, 0.717) is 11.4 Å². The van der Waals surface area contributed by atoms with Crippen molar-refractivity contribution in [1.82, 2.24) is 9.36 Å². The molecule has 0 aliphatic rings. The molecule has 2 aromatic carbocycles. The van der Waals surface area contributed by atoms with Crippen molar-refractivity contribution in [2.45, 2.75) is 6.92 Å². The van der Waals surface area contributed by atoms with Gasteiger partial charge in [-0.2, -0.15) is 0 Å². The van der Waals surface area contributed by atoms with Crippen LogP contribution in [0, 0.1) is 6.92 Å². The molecule has 0 radical (unpaired) electrons. The Kier molecular flexibility index (Phi) is 6.19.